The second kappa shape index (κ2) is 4.14. The number of aromatic nitrogens is 2. The maximum atomic E-state index is 6.13. The highest BCUT2D eigenvalue weighted by Crippen LogP contribution is 2.27. The number of hydrogen-bond acceptors (Lipinski definition) is 2. The zero-order valence-corrected chi connectivity index (χ0v) is 10.4. The van der Waals surface area contributed by atoms with Crippen LogP contribution in [0, 0.1) is 5.92 Å². The summed E-state index contributed by atoms with van der Waals surface area (Å²) in [4.78, 5) is 6.59. The minimum atomic E-state index is 0.661. The van der Waals surface area contributed by atoms with Crippen LogP contribution in [-0.4, -0.2) is 28.5 Å². The van der Waals surface area contributed by atoms with Gasteiger partial charge in [0.1, 0.15) is 0 Å². The molecule has 1 atom stereocenters. The number of fused-ring (bicyclic) bond motifs is 1. The maximum absolute atomic E-state index is 6.13. The Morgan fingerprint density at radius 2 is 2.27 bits per heavy atom. The Kier molecular flexibility index (Phi) is 3.03. The molecule has 0 saturated heterocycles. The van der Waals surface area contributed by atoms with Crippen molar-refractivity contribution in [2.24, 2.45) is 5.92 Å². The smallest absolute Gasteiger partial charge is 0.203 e. The van der Waals surface area contributed by atoms with Gasteiger partial charge in [0.25, 0.3) is 0 Å². The first-order valence-electron chi connectivity index (χ1n) is 5.46. The summed E-state index contributed by atoms with van der Waals surface area (Å²) >= 11 is 6.13. The molecule has 3 nitrogen and oxygen atoms in total. The molecule has 0 N–H and O–H groups in total. The number of nitrogens with zero attached hydrogens (tertiary/aromatic N) is 3. The number of imidazole rings is 1. The predicted molar refractivity (Wildman–Crippen MR) is 62.1 cm³/mol. The third-order valence-corrected chi connectivity index (χ3v) is 3.25. The lowest BCUT2D eigenvalue weighted by Crippen LogP contribution is -2.19. The van der Waals surface area contributed by atoms with Crippen LogP contribution < -0.4 is 0 Å². The summed E-state index contributed by atoms with van der Waals surface area (Å²) in [7, 11) is 4.12. The lowest BCUT2D eigenvalue weighted by atomic mass is 9.97. The van der Waals surface area contributed by atoms with Crippen LogP contribution in [0.15, 0.2) is 0 Å². The fourth-order valence-corrected chi connectivity index (χ4v) is 2.45. The van der Waals surface area contributed by atoms with Crippen molar-refractivity contribution >= 4 is 11.6 Å². The van der Waals surface area contributed by atoms with Crippen LogP contribution in [0.3, 0.4) is 0 Å². The molecule has 15 heavy (non-hydrogen) atoms. The van der Waals surface area contributed by atoms with E-state index in [0.29, 0.717) is 5.28 Å². The Labute approximate surface area is 96.0 Å². The molecule has 0 bridgehead atoms. The molecule has 1 aromatic heterocycles. The summed E-state index contributed by atoms with van der Waals surface area (Å²) in [6.45, 7) is 4.20. The van der Waals surface area contributed by atoms with Crippen LogP contribution in [0.5, 0.6) is 0 Å². The zero-order chi connectivity index (χ0) is 11.0. The highest BCUT2D eigenvalue weighted by atomic mass is 35.5. The minimum Gasteiger partial charge on any atom is -0.319 e. The van der Waals surface area contributed by atoms with Gasteiger partial charge in [-0.25, -0.2) is 4.98 Å². The first-order valence-corrected chi connectivity index (χ1v) is 5.84. The molecule has 1 aromatic rings. The van der Waals surface area contributed by atoms with Gasteiger partial charge in [-0.1, -0.05) is 6.92 Å². The van der Waals surface area contributed by atoms with E-state index in [1.807, 2.05) is 0 Å². The van der Waals surface area contributed by atoms with Crippen LogP contribution in [0.1, 0.15) is 24.7 Å². The second-order valence-electron chi connectivity index (χ2n) is 4.76. The quantitative estimate of drug-likeness (QED) is 0.772. The Balaban J connectivity index is 2.32. The maximum Gasteiger partial charge on any atom is 0.203 e. The van der Waals surface area contributed by atoms with Crippen molar-refractivity contribution in [2.75, 3.05) is 14.1 Å². The lowest BCUT2D eigenvalue weighted by molar-refractivity contribution is 0.382. The van der Waals surface area contributed by atoms with E-state index in [1.165, 1.54) is 12.1 Å². The average Bonchev–Trinajstić information content (AvgIpc) is 2.42. The first-order chi connectivity index (χ1) is 7.08. The highest BCUT2D eigenvalue weighted by Gasteiger charge is 2.22. The van der Waals surface area contributed by atoms with E-state index in [2.05, 4.69) is 35.5 Å². The first kappa shape index (κ1) is 11.0. The zero-order valence-electron chi connectivity index (χ0n) is 9.63. The Morgan fingerprint density at radius 3 is 2.93 bits per heavy atom. The van der Waals surface area contributed by atoms with E-state index in [0.717, 1.165) is 31.1 Å². The lowest BCUT2D eigenvalue weighted by Gasteiger charge is -2.22. The van der Waals surface area contributed by atoms with Crippen LogP contribution in [0.25, 0.3) is 0 Å². The SMILES string of the molecule is CC1CCn2c(Cl)nc(CN(C)C)c2C1. The van der Waals surface area contributed by atoms with Crippen LogP contribution in [-0.2, 0) is 19.5 Å². The third kappa shape index (κ3) is 2.18. The van der Waals surface area contributed by atoms with E-state index in [-0.39, 0.29) is 0 Å². The normalized spacial score (nSPS) is 20.7. The predicted octanol–water partition coefficient (Wildman–Crippen LogP) is 2.18. The van der Waals surface area contributed by atoms with Gasteiger partial charge in [0.2, 0.25) is 5.28 Å². The van der Waals surface area contributed by atoms with E-state index in [4.69, 9.17) is 11.6 Å². The van der Waals surface area contributed by atoms with Gasteiger partial charge in [0, 0.05) is 18.8 Å². The van der Waals surface area contributed by atoms with E-state index >= 15 is 0 Å². The summed E-state index contributed by atoms with van der Waals surface area (Å²) in [5.74, 6) is 0.756. The van der Waals surface area contributed by atoms with Crippen molar-refractivity contribution in [3.8, 4) is 0 Å². The molecule has 84 valence electrons. The van der Waals surface area contributed by atoms with Crippen molar-refractivity contribution in [1.82, 2.24) is 14.5 Å². The fraction of sp³-hybridized carbons (Fsp3) is 0.727. The monoisotopic (exact) mass is 227 g/mol. The summed E-state index contributed by atoms with van der Waals surface area (Å²) < 4.78 is 2.17. The van der Waals surface area contributed by atoms with Gasteiger partial charge in [0.05, 0.1) is 5.69 Å². The minimum absolute atomic E-state index is 0.661. The van der Waals surface area contributed by atoms with E-state index in [1.54, 1.807) is 0 Å². The van der Waals surface area contributed by atoms with E-state index < -0.39 is 0 Å². The van der Waals surface area contributed by atoms with Gasteiger partial charge < -0.3 is 9.47 Å². The molecule has 0 aromatic carbocycles. The molecule has 0 fully saturated rings. The van der Waals surface area contributed by atoms with Gasteiger partial charge in [-0.3, -0.25) is 0 Å². The number of rotatable bonds is 2. The Bertz CT molecular complexity index is 357. The van der Waals surface area contributed by atoms with Gasteiger partial charge in [-0.05, 0) is 44.5 Å². The van der Waals surface area contributed by atoms with Gasteiger partial charge in [-0.2, -0.15) is 0 Å². The molecule has 0 radical (unpaired) electrons. The highest BCUT2D eigenvalue weighted by molar-refractivity contribution is 6.28. The average molecular weight is 228 g/mol. The summed E-state index contributed by atoms with van der Waals surface area (Å²) in [6.07, 6.45) is 2.33. The molecule has 0 aliphatic carbocycles. The molecule has 1 aliphatic heterocycles. The second-order valence-corrected chi connectivity index (χ2v) is 5.10. The largest absolute Gasteiger partial charge is 0.319 e. The summed E-state index contributed by atoms with van der Waals surface area (Å²) in [5.41, 5.74) is 2.49. The van der Waals surface area contributed by atoms with Crippen molar-refractivity contribution in [1.29, 1.82) is 0 Å². The van der Waals surface area contributed by atoms with Crippen LogP contribution >= 0.6 is 11.6 Å². The molecule has 1 aliphatic rings. The number of halogens is 1. The summed E-state index contributed by atoms with van der Waals surface area (Å²) in [5, 5.41) is 0.661. The molecule has 0 saturated carbocycles. The van der Waals surface area contributed by atoms with Gasteiger partial charge in [-0.15, -0.1) is 0 Å². The van der Waals surface area contributed by atoms with Gasteiger partial charge in [0.15, 0.2) is 0 Å². The molecule has 0 spiro atoms. The standard InChI is InChI=1S/C11H18ClN3/c1-8-4-5-15-10(6-8)9(7-14(2)3)13-11(15)12/h8H,4-7H2,1-3H3. The molecule has 1 unspecified atom stereocenters. The molecule has 2 rings (SSSR count). The van der Waals surface area contributed by atoms with E-state index in [9.17, 15) is 0 Å². The van der Waals surface area contributed by atoms with Crippen molar-refractivity contribution in [3.05, 3.63) is 16.7 Å². The number of hydrogen-bond donors (Lipinski definition) is 0. The molecule has 2 heterocycles. The van der Waals surface area contributed by atoms with Gasteiger partial charge >= 0.3 is 0 Å². The molecule has 4 heteroatoms. The molecular weight excluding hydrogens is 210 g/mol. The molecule has 0 amide bonds. The van der Waals surface area contributed by atoms with Crippen molar-refractivity contribution in [2.45, 2.75) is 32.9 Å². The van der Waals surface area contributed by atoms with Crippen molar-refractivity contribution < 1.29 is 0 Å². The Morgan fingerprint density at radius 1 is 1.53 bits per heavy atom. The topological polar surface area (TPSA) is 21.1 Å². The van der Waals surface area contributed by atoms with Crippen LogP contribution in [0.4, 0.5) is 0 Å². The molecular formula is C11H18ClN3. The van der Waals surface area contributed by atoms with Crippen molar-refractivity contribution in [3.63, 3.8) is 0 Å². The third-order valence-electron chi connectivity index (χ3n) is 2.96. The Hall–Kier alpha value is -0.540. The van der Waals surface area contributed by atoms with Crippen LogP contribution in [0.2, 0.25) is 5.28 Å². The summed E-state index contributed by atoms with van der Waals surface area (Å²) in [6, 6.07) is 0. The fourth-order valence-electron chi connectivity index (χ4n) is 2.17.